The summed E-state index contributed by atoms with van der Waals surface area (Å²) in [5.41, 5.74) is 1.91. The van der Waals surface area contributed by atoms with Crippen molar-refractivity contribution in [2.75, 3.05) is 26.8 Å². The maximum Gasteiger partial charge on any atom is 0.304 e. The predicted molar refractivity (Wildman–Crippen MR) is 141 cm³/mol. The number of ether oxygens (including phenoxy) is 1. The SMILES string of the molecule is CCCCN(CCCC)Cn1c(O)c(N=NC(=O)CO/N=C/c2ccc(OC)cc2)c2ccccc21. The Labute approximate surface area is 212 Å². The molecule has 0 bridgehead atoms. The van der Waals surface area contributed by atoms with E-state index in [1.807, 2.05) is 41.0 Å². The first-order valence-electron chi connectivity index (χ1n) is 12.3. The van der Waals surface area contributed by atoms with Crippen LogP contribution < -0.4 is 4.74 Å². The Morgan fingerprint density at radius 2 is 1.75 bits per heavy atom. The quantitative estimate of drug-likeness (QED) is 0.172. The topological polar surface area (TPSA) is 101 Å². The highest BCUT2D eigenvalue weighted by Gasteiger charge is 2.18. The molecule has 0 fully saturated rings. The van der Waals surface area contributed by atoms with E-state index in [4.69, 9.17) is 9.57 Å². The fraction of sp³-hybridized carbons (Fsp3) is 0.407. The summed E-state index contributed by atoms with van der Waals surface area (Å²) >= 11 is 0. The van der Waals surface area contributed by atoms with Crippen molar-refractivity contribution in [3.8, 4) is 11.6 Å². The van der Waals surface area contributed by atoms with Crippen molar-refractivity contribution in [1.29, 1.82) is 0 Å². The van der Waals surface area contributed by atoms with Crippen LogP contribution in [0, 0.1) is 0 Å². The number of aromatic nitrogens is 1. The molecule has 36 heavy (non-hydrogen) atoms. The molecule has 9 nitrogen and oxygen atoms in total. The molecule has 0 spiro atoms. The van der Waals surface area contributed by atoms with Crippen molar-refractivity contribution in [3.05, 3.63) is 54.1 Å². The Morgan fingerprint density at radius 1 is 1.06 bits per heavy atom. The first-order chi connectivity index (χ1) is 17.6. The largest absolute Gasteiger partial charge is 0.497 e. The van der Waals surface area contributed by atoms with Gasteiger partial charge < -0.3 is 14.7 Å². The van der Waals surface area contributed by atoms with Gasteiger partial charge in [0, 0.05) is 5.39 Å². The van der Waals surface area contributed by atoms with Crippen LogP contribution >= 0.6 is 0 Å². The number of carbonyl (C=O) groups is 1. The van der Waals surface area contributed by atoms with Crippen molar-refractivity contribution in [2.24, 2.45) is 15.4 Å². The zero-order chi connectivity index (χ0) is 25.8. The molecule has 1 heterocycles. The molecule has 1 aromatic heterocycles. The monoisotopic (exact) mass is 493 g/mol. The Balaban J connectivity index is 1.68. The average Bonchev–Trinajstić information content (AvgIpc) is 3.17. The fourth-order valence-electron chi connectivity index (χ4n) is 3.75. The van der Waals surface area contributed by atoms with Gasteiger partial charge in [-0.15, -0.1) is 10.2 Å². The van der Waals surface area contributed by atoms with Crippen molar-refractivity contribution in [2.45, 2.75) is 46.2 Å². The molecule has 0 saturated carbocycles. The van der Waals surface area contributed by atoms with E-state index >= 15 is 0 Å². The molecule has 0 saturated heterocycles. The summed E-state index contributed by atoms with van der Waals surface area (Å²) in [4.78, 5) is 19.6. The van der Waals surface area contributed by atoms with Crippen LogP contribution in [0.2, 0.25) is 0 Å². The van der Waals surface area contributed by atoms with Crippen LogP contribution in [-0.2, 0) is 16.3 Å². The summed E-state index contributed by atoms with van der Waals surface area (Å²) in [7, 11) is 1.60. The summed E-state index contributed by atoms with van der Waals surface area (Å²) in [5, 5.41) is 23.4. The summed E-state index contributed by atoms with van der Waals surface area (Å²) in [5.74, 6) is 0.123. The molecular weight excluding hydrogens is 458 g/mol. The lowest BCUT2D eigenvalue weighted by Crippen LogP contribution is -2.28. The van der Waals surface area contributed by atoms with Crippen LogP contribution in [0.5, 0.6) is 11.6 Å². The Morgan fingerprint density at radius 3 is 2.42 bits per heavy atom. The molecule has 0 aliphatic rings. The van der Waals surface area contributed by atoms with Gasteiger partial charge in [-0.25, -0.2) is 0 Å². The van der Waals surface area contributed by atoms with E-state index in [1.54, 1.807) is 19.2 Å². The van der Waals surface area contributed by atoms with E-state index in [0.717, 1.165) is 61.0 Å². The maximum atomic E-state index is 12.2. The average molecular weight is 494 g/mol. The summed E-state index contributed by atoms with van der Waals surface area (Å²) in [6.07, 6.45) is 5.88. The Hall–Kier alpha value is -3.72. The number of para-hydroxylation sites is 1. The minimum Gasteiger partial charge on any atom is -0.497 e. The second-order valence-corrected chi connectivity index (χ2v) is 8.46. The van der Waals surface area contributed by atoms with Gasteiger partial charge >= 0.3 is 5.91 Å². The molecule has 0 atom stereocenters. The second-order valence-electron chi connectivity index (χ2n) is 8.46. The molecule has 1 N–H and O–H groups in total. The highest BCUT2D eigenvalue weighted by molar-refractivity contribution is 5.95. The standard InChI is InChI=1S/C27H35N5O4/c1-4-6-16-31(17-7-5-2)20-32-24-11-9-8-10-23(24)26(27(32)34)30-29-25(33)19-36-28-18-21-12-14-22(35-3)15-13-21/h8-15,18,34H,4-7,16-17,19-20H2,1-3H3/b28-18+,30-29?. The van der Waals surface area contributed by atoms with E-state index in [0.29, 0.717) is 6.67 Å². The maximum absolute atomic E-state index is 12.2. The molecule has 3 aromatic rings. The summed E-state index contributed by atoms with van der Waals surface area (Å²) in [6.45, 7) is 6.42. The molecule has 0 radical (unpaired) electrons. The second kappa shape index (κ2) is 14.0. The van der Waals surface area contributed by atoms with Crippen LogP contribution in [0.1, 0.15) is 45.1 Å². The zero-order valence-corrected chi connectivity index (χ0v) is 21.3. The third-order valence-corrected chi connectivity index (χ3v) is 5.76. The van der Waals surface area contributed by atoms with Crippen molar-refractivity contribution < 1.29 is 19.5 Å². The molecule has 0 aliphatic heterocycles. The number of hydrogen-bond donors (Lipinski definition) is 1. The molecular formula is C27H35N5O4. The third kappa shape index (κ3) is 7.39. The summed E-state index contributed by atoms with van der Waals surface area (Å²) in [6, 6.07) is 14.8. The highest BCUT2D eigenvalue weighted by atomic mass is 16.6. The first kappa shape index (κ1) is 26.9. The number of hydrogen-bond acceptors (Lipinski definition) is 7. The zero-order valence-electron chi connectivity index (χ0n) is 21.3. The number of azo groups is 1. The minimum absolute atomic E-state index is 0.0100. The number of nitrogens with zero attached hydrogens (tertiary/aromatic N) is 5. The van der Waals surface area contributed by atoms with E-state index < -0.39 is 5.91 Å². The molecule has 192 valence electrons. The molecule has 0 aliphatic carbocycles. The van der Waals surface area contributed by atoms with Crippen molar-refractivity contribution >= 4 is 28.7 Å². The van der Waals surface area contributed by atoms with Gasteiger partial charge in [0.1, 0.15) is 5.75 Å². The number of fused-ring (bicyclic) bond motifs is 1. The van der Waals surface area contributed by atoms with E-state index in [-0.39, 0.29) is 18.2 Å². The lowest BCUT2D eigenvalue weighted by Gasteiger charge is -2.23. The van der Waals surface area contributed by atoms with Gasteiger partial charge in [-0.2, -0.15) is 0 Å². The fourth-order valence-corrected chi connectivity index (χ4v) is 3.75. The van der Waals surface area contributed by atoms with Crippen LogP contribution in [-0.4, -0.2) is 53.5 Å². The number of rotatable bonds is 14. The highest BCUT2D eigenvalue weighted by Crippen LogP contribution is 2.39. The van der Waals surface area contributed by atoms with Gasteiger partial charge in [-0.05, 0) is 61.8 Å². The first-order valence-corrected chi connectivity index (χ1v) is 12.3. The lowest BCUT2D eigenvalue weighted by molar-refractivity contribution is -0.122. The lowest BCUT2D eigenvalue weighted by atomic mass is 10.2. The minimum atomic E-state index is -0.606. The Kier molecular flexibility index (Phi) is 10.4. The number of unbranched alkanes of at least 4 members (excludes halogenated alkanes) is 2. The van der Waals surface area contributed by atoms with Gasteiger partial charge in [0.15, 0.2) is 12.3 Å². The number of benzene rings is 2. The van der Waals surface area contributed by atoms with Crippen LogP contribution in [0.3, 0.4) is 0 Å². The number of carbonyl (C=O) groups excluding carboxylic acids is 1. The van der Waals surface area contributed by atoms with Crippen LogP contribution in [0.25, 0.3) is 10.9 Å². The van der Waals surface area contributed by atoms with E-state index in [1.165, 1.54) is 6.21 Å². The van der Waals surface area contributed by atoms with Gasteiger partial charge in [-0.3, -0.25) is 14.3 Å². The van der Waals surface area contributed by atoms with E-state index in [9.17, 15) is 9.90 Å². The van der Waals surface area contributed by atoms with Crippen molar-refractivity contribution in [3.63, 3.8) is 0 Å². The van der Waals surface area contributed by atoms with Gasteiger partial charge in [0.2, 0.25) is 5.88 Å². The van der Waals surface area contributed by atoms with Gasteiger partial charge in [0.25, 0.3) is 0 Å². The Bertz CT molecular complexity index is 1160. The van der Waals surface area contributed by atoms with Gasteiger partial charge in [0.05, 0.1) is 25.5 Å². The molecule has 9 heteroatoms. The van der Waals surface area contributed by atoms with E-state index in [2.05, 4.69) is 34.1 Å². The smallest absolute Gasteiger partial charge is 0.304 e. The molecule has 1 amide bonds. The molecule has 0 unspecified atom stereocenters. The van der Waals surface area contributed by atoms with Gasteiger partial charge in [-0.1, -0.05) is 50.0 Å². The van der Waals surface area contributed by atoms with Crippen LogP contribution in [0.15, 0.2) is 63.9 Å². The third-order valence-electron chi connectivity index (χ3n) is 5.76. The molecule has 3 rings (SSSR count). The normalized spacial score (nSPS) is 11.8. The van der Waals surface area contributed by atoms with Crippen LogP contribution in [0.4, 0.5) is 5.69 Å². The number of amides is 1. The van der Waals surface area contributed by atoms with Crippen molar-refractivity contribution in [1.82, 2.24) is 9.47 Å². The number of aromatic hydroxyl groups is 1. The summed E-state index contributed by atoms with van der Waals surface area (Å²) < 4.78 is 6.94. The predicted octanol–water partition coefficient (Wildman–Crippen LogP) is 5.88. The number of oxime groups is 1. The number of methoxy groups -OCH3 is 1. The molecule has 2 aromatic carbocycles.